The lowest BCUT2D eigenvalue weighted by molar-refractivity contribution is -0.128. The summed E-state index contributed by atoms with van der Waals surface area (Å²) in [6, 6.07) is 4.30. The van der Waals surface area contributed by atoms with E-state index in [9.17, 15) is 4.79 Å². The van der Waals surface area contributed by atoms with Crippen LogP contribution in [0, 0.1) is 12.3 Å². The molecule has 1 spiro atoms. The maximum absolute atomic E-state index is 11.7. The Morgan fingerprint density at radius 3 is 2.65 bits per heavy atom. The third kappa shape index (κ3) is 2.98. The molecule has 2 aliphatic heterocycles. The zero-order valence-corrected chi connectivity index (χ0v) is 16.1. The van der Waals surface area contributed by atoms with E-state index in [2.05, 4.69) is 28.9 Å². The summed E-state index contributed by atoms with van der Waals surface area (Å²) in [5.41, 5.74) is 4.06. The molecule has 0 aliphatic carbocycles. The van der Waals surface area contributed by atoms with Gasteiger partial charge in [0, 0.05) is 49.2 Å². The quantitative estimate of drug-likeness (QED) is 0.919. The van der Waals surface area contributed by atoms with Gasteiger partial charge in [-0.1, -0.05) is 0 Å². The molecule has 1 aromatic carbocycles. The number of carbonyl (C=O) groups is 1. The Morgan fingerprint density at radius 1 is 1.27 bits per heavy atom. The average Bonchev–Trinajstić information content (AvgIpc) is 3.27. The summed E-state index contributed by atoms with van der Waals surface area (Å²) in [5.74, 6) is 1.21. The summed E-state index contributed by atoms with van der Waals surface area (Å²) in [5, 5.41) is 1.27. The molecule has 3 heterocycles. The Balaban J connectivity index is 1.49. The number of nitrogens with zero attached hydrogens (tertiary/aromatic N) is 2. The summed E-state index contributed by atoms with van der Waals surface area (Å²) in [6.07, 6.45) is 5.54. The van der Waals surface area contributed by atoms with Crippen LogP contribution in [0.2, 0.25) is 0 Å². The molecule has 26 heavy (non-hydrogen) atoms. The van der Waals surface area contributed by atoms with Crippen molar-refractivity contribution in [2.75, 3.05) is 33.3 Å². The summed E-state index contributed by atoms with van der Waals surface area (Å²) < 4.78 is 5.69. The highest BCUT2D eigenvalue weighted by atomic mass is 16.5. The number of H-pyrrole nitrogens is 1. The molecule has 2 fully saturated rings. The summed E-state index contributed by atoms with van der Waals surface area (Å²) in [6.45, 7) is 8.81. The van der Waals surface area contributed by atoms with Gasteiger partial charge < -0.3 is 14.6 Å². The molecule has 140 valence electrons. The Labute approximate surface area is 155 Å². The third-order valence-electron chi connectivity index (χ3n) is 6.51. The topological polar surface area (TPSA) is 48.6 Å². The van der Waals surface area contributed by atoms with Crippen LogP contribution in [0.5, 0.6) is 5.75 Å². The maximum Gasteiger partial charge on any atom is 0.219 e. The van der Waals surface area contributed by atoms with Crippen LogP contribution in [0.3, 0.4) is 0 Å². The first-order valence-corrected chi connectivity index (χ1v) is 9.63. The zero-order valence-electron chi connectivity index (χ0n) is 16.1. The van der Waals surface area contributed by atoms with Gasteiger partial charge >= 0.3 is 0 Å². The van der Waals surface area contributed by atoms with Crippen molar-refractivity contribution in [3.8, 4) is 5.75 Å². The third-order valence-corrected chi connectivity index (χ3v) is 6.51. The number of methoxy groups -OCH3 is 1. The standard InChI is InChI=1S/C21H29N3O2/c1-15-12-19(26-3)18(17-4-8-22-20(15)17)13-23-9-5-21(6-10-23)7-11-24(14-21)16(2)25/h4,8,12,22H,5-7,9-11,13-14H2,1-3H3. The second-order valence-electron chi connectivity index (χ2n) is 8.11. The van der Waals surface area contributed by atoms with Crippen molar-refractivity contribution in [3.05, 3.63) is 29.5 Å². The smallest absolute Gasteiger partial charge is 0.219 e. The van der Waals surface area contributed by atoms with Crippen LogP contribution in [0.15, 0.2) is 18.3 Å². The molecule has 0 atom stereocenters. The molecule has 1 amide bonds. The Bertz CT molecular complexity index is 818. The van der Waals surface area contributed by atoms with Crippen LogP contribution in [-0.2, 0) is 11.3 Å². The first-order valence-electron chi connectivity index (χ1n) is 9.63. The number of rotatable bonds is 3. The predicted molar refractivity (Wildman–Crippen MR) is 103 cm³/mol. The van der Waals surface area contributed by atoms with Gasteiger partial charge in [-0.15, -0.1) is 0 Å². The van der Waals surface area contributed by atoms with E-state index in [1.807, 2.05) is 11.1 Å². The van der Waals surface area contributed by atoms with E-state index in [1.54, 1.807) is 14.0 Å². The van der Waals surface area contributed by atoms with E-state index in [4.69, 9.17) is 4.74 Å². The number of amides is 1. The number of hydrogen-bond acceptors (Lipinski definition) is 3. The van der Waals surface area contributed by atoms with Crippen molar-refractivity contribution in [1.82, 2.24) is 14.8 Å². The largest absolute Gasteiger partial charge is 0.496 e. The first kappa shape index (κ1) is 17.4. The molecule has 0 radical (unpaired) electrons. The normalized spacial score (nSPS) is 20.2. The van der Waals surface area contributed by atoms with Gasteiger partial charge in [0.25, 0.3) is 0 Å². The number of aryl methyl sites for hydroxylation is 1. The van der Waals surface area contributed by atoms with Crippen molar-refractivity contribution in [3.63, 3.8) is 0 Å². The maximum atomic E-state index is 11.7. The van der Waals surface area contributed by atoms with Crippen molar-refractivity contribution in [2.45, 2.75) is 39.7 Å². The predicted octanol–water partition coefficient (Wildman–Crippen LogP) is 3.32. The first-order chi connectivity index (χ1) is 12.5. The van der Waals surface area contributed by atoms with Gasteiger partial charge in [-0.3, -0.25) is 9.69 Å². The lowest BCUT2D eigenvalue weighted by Crippen LogP contribution is -2.41. The molecule has 1 aromatic heterocycles. The molecule has 2 aromatic rings. The minimum atomic E-state index is 0.226. The molecular weight excluding hydrogens is 326 g/mol. The van der Waals surface area contributed by atoms with Gasteiger partial charge in [-0.2, -0.15) is 0 Å². The number of fused-ring (bicyclic) bond motifs is 1. The van der Waals surface area contributed by atoms with Crippen molar-refractivity contribution >= 4 is 16.8 Å². The number of aromatic nitrogens is 1. The van der Waals surface area contributed by atoms with Gasteiger partial charge in [-0.05, 0) is 62.4 Å². The van der Waals surface area contributed by atoms with E-state index in [0.717, 1.165) is 44.9 Å². The highest BCUT2D eigenvalue weighted by molar-refractivity contribution is 5.88. The zero-order chi connectivity index (χ0) is 18.3. The Morgan fingerprint density at radius 2 is 2.00 bits per heavy atom. The summed E-state index contributed by atoms with van der Waals surface area (Å²) >= 11 is 0. The number of hydrogen-bond donors (Lipinski definition) is 1. The molecule has 5 heteroatoms. The minimum absolute atomic E-state index is 0.226. The number of carbonyl (C=O) groups excluding carboxylic acids is 1. The lowest BCUT2D eigenvalue weighted by atomic mass is 9.77. The van der Waals surface area contributed by atoms with Crippen LogP contribution in [0.25, 0.3) is 10.9 Å². The molecule has 5 nitrogen and oxygen atoms in total. The molecule has 0 unspecified atom stereocenters. The number of piperidine rings is 1. The van der Waals surface area contributed by atoms with Gasteiger partial charge in [-0.25, -0.2) is 0 Å². The van der Waals surface area contributed by atoms with Crippen LogP contribution < -0.4 is 4.74 Å². The lowest BCUT2D eigenvalue weighted by Gasteiger charge is -2.39. The van der Waals surface area contributed by atoms with Crippen LogP contribution in [0.4, 0.5) is 0 Å². The van der Waals surface area contributed by atoms with Gasteiger partial charge in [0.1, 0.15) is 5.75 Å². The van der Waals surface area contributed by atoms with Gasteiger partial charge in [0.2, 0.25) is 5.91 Å². The minimum Gasteiger partial charge on any atom is -0.496 e. The highest BCUT2D eigenvalue weighted by Gasteiger charge is 2.41. The molecular formula is C21H29N3O2. The number of benzene rings is 1. The fourth-order valence-corrected chi connectivity index (χ4v) is 4.80. The van der Waals surface area contributed by atoms with Crippen LogP contribution >= 0.6 is 0 Å². The molecule has 2 saturated heterocycles. The van der Waals surface area contributed by atoms with Crippen molar-refractivity contribution in [1.29, 1.82) is 0 Å². The van der Waals surface area contributed by atoms with Crippen molar-refractivity contribution < 1.29 is 9.53 Å². The molecule has 2 aliphatic rings. The van der Waals surface area contributed by atoms with Gasteiger partial charge in [0.15, 0.2) is 0 Å². The van der Waals surface area contributed by atoms with Crippen molar-refractivity contribution in [2.24, 2.45) is 5.41 Å². The molecule has 4 rings (SSSR count). The molecule has 0 saturated carbocycles. The van der Waals surface area contributed by atoms with Crippen LogP contribution in [0.1, 0.15) is 37.3 Å². The van der Waals surface area contributed by atoms with E-state index < -0.39 is 0 Å². The second-order valence-corrected chi connectivity index (χ2v) is 8.11. The second kappa shape index (κ2) is 6.62. The van der Waals surface area contributed by atoms with E-state index >= 15 is 0 Å². The van der Waals surface area contributed by atoms with Gasteiger partial charge in [0.05, 0.1) is 7.11 Å². The highest BCUT2D eigenvalue weighted by Crippen LogP contribution is 2.41. The van der Waals surface area contributed by atoms with Crippen LogP contribution in [-0.4, -0.2) is 54.0 Å². The van der Waals surface area contributed by atoms with E-state index in [1.165, 1.54) is 34.9 Å². The number of nitrogens with one attached hydrogen (secondary N) is 1. The van der Waals surface area contributed by atoms with E-state index in [0.29, 0.717) is 5.41 Å². The fraction of sp³-hybridized carbons (Fsp3) is 0.571. The number of aromatic amines is 1. The SMILES string of the molecule is COc1cc(C)c2[nH]ccc2c1CN1CCC2(CC1)CCN(C(C)=O)C2. The summed E-state index contributed by atoms with van der Waals surface area (Å²) in [4.78, 5) is 19.6. The monoisotopic (exact) mass is 355 g/mol. The van der Waals surface area contributed by atoms with E-state index in [-0.39, 0.29) is 5.91 Å². The number of likely N-dealkylation sites (tertiary alicyclic amines) is 2. The average molecular weight is 355 g/mol. The molecule has 0 bridgehead atoms. The Kier molecular flexibility index (Phi) is 4.43. The number of ether oxygens (including phenoxy) is 1. The molecule has 1 N–H and O–H groups in total. The summed E-state index contributed by atoms with van der Waals surface area (Å²) in [7, 11) is 1.76. The fourth-order valence-electron chi connectivity index (χ4n) is 4.80. The Hall–Kier alpha value is -2.01.